The number of nitrogens with one attached hydrogen (secondary N) is 2. The number of benzene rings is 2. The molecule has 0 amide bonds. The zero-order valence-electron chi connectivity index (χ0n) is 18.5. The summed E-state index contributed by atoms with van der Waals surface area (Å²) in [5, 5.41) is 11.1. The van der Waals surface area contributed by atoms with Crippen molar-refractivity contribution in [3.8, 4) is 11.4 Å². The summed E-state index contributed by atoms with van der Waals surface area (Å²) in [6, 6.07) is 16.4. The van der Waals surface area contributed by atoms with Gasteiger partial charge in [0.05, 0.1) is 18.9 Å². The van der Waals surface area contributed by atoms with Crippen molar-refractivity contribution in [1.82, 2.24) is 20.4 Å². The minimum Gasteiger partial charge on any atom is -0.488 e. The monoisotopic (exact) mass is 547 g/mol. The first kappa shape index (κ1) is 24.1. The number of hydrogen-bond donors (Lipinski definition) is 2. The van der Waals surface area contributed by atoms with Crippen LogP contribution in [0.25, 0.3) is 5.69 Å². The van der Waals surface area contributed by atoms with Crippen molar-refractivity contribution in [3.63, 3.8) is 0 Å². The minimum absolute atomic E-state index is 0. The maximum absolute atomic E-state index is 6.20. The highest BCUT2D eigenvalue weighted by Gasteiger charge is 2.19. The molecule has 1 aromatic heterocycles. The number of halogens is 1. The third kappa shape index (κ3) is 6.23. The Hall–Kier alpha value is -2.59. The van der Waals surface area contributed by atoms with Crippen LogP contribution in [0.3, 0.4) is 0 Å². The van der Waals surface area contributed by atoms with Gasteiger partial charge in [0, 0.05) is 44.5 Å². The lowest BCUT2D eigenvalue weighted by Crippen LogP contribution is -2.36. The lowest BCUT2D eigenvalue weighted by Gasteiger charge is -2.18. The summed E-state index contributed by atoms with van der Waals surface area (Å²) in [5.41, 5.74) is 4.45. The van der Waals surface area contributed by atoms with E-state index in [0.717, 1.165) is 41.6 Å². The van der Waals surface area contributed by atoms with Gasteiger partial charge in [-0.25, -0.2) is 4.68 Å². The molecule has 1 atom stereocenters. The summed E-state index contributed by atoms with van der Waals surface area (Å²) < 4.78 is 13.5. The second-order valence-corrected chi connectivity index (χ2v) is 7.57. The van der Waals surface area contributed by atoms with Crippen LogP contribution in [0.1, 0.15) is 23.1 Å². The maximum atomic E-state index is 6.20. The molecule has 8 heteroatoms. The molecule has 1 saturated heterocycles. The van der Waals surface area contributed by atoms with Gasteiger partial charge in [0.2, 0.25) is 0 Å². The van der Waals surface area contributed by atoms with Gasteiger partial charge in [-0.05, 0) is 36.2 Å². The highest BCUT2D eigenvalue weighted by atomic mass is 127. The molecule has 0 spiro atoms. The Balaban J connectivity index is 0.00000289. The van der Waals surface area contributed by atoms with E-state index in [9.17, 15) is 0 Å². The molecular weight excluding hydrogens is 517 g/mol. The zero-order chi connectivity index (χ0) is 21.5. The minimum atomic E-state index is 0. The largest absolute Gasteiger partial charge is 0.488 e. The third-order valence-corrected chi connectivity index (χ3v) is 5.26. The van der Waals surface area contributed by atoms with Crippen LogP contribution in [0.2, 0.25) is 0 Å². The van der Waals surface area contributed by atoms with Gasteiger partial charge in [-0.15, -0.1) is 24.0 Å². The summed E-state index contributed by atoms with van der Waals surface area (Å²) in [7, 11) is 1.77. The van der Waals surface area contributed by atoms with E-state index in [1.54, 1.807) is 13.2 Å². The summed E-state index contributed by atoms with van der Waals surface area (Å²) in [4.78, 5) is 4.37. The number of aromatic nitrogens is 2. The Kier molecular flexibility index (Phi) is 8.92. The molecule has 3 aromatic rings. The van der Waals surface area contributed by atoms with Crippen molar-refractivity contribution in [2.75, 3.05) is 20.3 Å². The summed E-state index contributed by atoms with van der Waals surface area (Å²) >= 11 is 0. The Morgan fingerprint density at radius 2 is 1.97 bits per heavy atom. The molecule has 0 radical (unpaired) electrons. The molecule has 170 valence electrons. The van der Waals surface area contributed by atoms with Crippen molar-refractivity contribution in [3.05, 3.63) is 77.6 Å². The van der Waals surface area contributed by atoms with Crippen LogP contribution < -0.4 is 15.4 Å². The van der Waals surface area contributed by atoms with E-state index < -0.39 is 0 Å². The van der Waals surface area contributed by atoms with Crippen LogP contribution in [0.5, 0.6) is 5.75 Å². The van der Waals surface area contributed by atoms with Gasteiger partial charge in [0.1, 0.15) is 11.9 Å². The van der Waals surface area contributed by atoms with Crippen molar-refractivity contribution in [2.24, 2.45) is 4.99 Å². The predicted molar refractivity (Wildman–Crippen MR) is 137 cm³/mol. The van der Waals surface area contributed by atoms with Gasteiger partial charge in [-0.2, -0.15) is 5.10 Å². The van der Waals surface area contributed by atoms with Gasteiger partial charge in [0.15, 0.2) is 5.96 Å². The van der Waals surface area contributed by atoms with Crippen LogP contribution in [0.15, 0.2) is 65.9 Å². The third-order valence-electron chi connectivity index (χ3n) is 5.26. The van der Waals surface area contributed by atoms with Crippen molar-refractivity contribution in [2.45, 2.75) is 32.5 Å². The molecule has 1 fully saturated rings. The molecule has 7 nitrogen and oxygen atoms in total. The first-order valence-electron chi connectivity index (χ1n) is 10.6. The normalized spacial score (nSPS) is 15.8. The Morgan fingerprint density at radius 1 is 1.16 bits per heavy atom. The fraction of sp³-hybridized carbons (Fsp3) is 0.333. The van der Waals surface area contributed by atoms with Gasteiger partial charge in [-0.1, -0.05) is 30.3 Å². The SMILES string of the molecule is CN=C(NCc1ccc(C)cc1OC1CCOC1)NCc1ccccc1-n1cccn1.I. The number of ether oxygens (including phenoxy) is 2. The molecule has 32 heavy (non-hydrogen) atoms. The fourth-order valence-corrected chi connectivity index (χ4v) is 3.58. The molecule has 0 bridgehead atoms. The average molecular weight is 547 g/mol. The lowest BCUT2D eigenvalue weighted by atomic mass is 10.1. The smallest absolute Gasteiger partial charge is 0.191 e. The number of rotatable bonds is 7. The highest BCUT2D eigenvalue weighted by Crippen LogP contribution is 2.23. The molecule has 1 unspecified atom stereocenters. The van der Waals surface area contributed by atoms with E-state index in [1.165, 1.54) is 5.56 Å². The zero-order valence-corrected chi connectivity index (χ0v) is 20.8. The molecule has 0 aliphatic carbocycles. The summed E-state index contributed by atoms with van der Waals surface area (Å²) in [5.74, 6) is 1.63. The maximum Gasteiger partial charge on any atom is 0.191 e. The van der Waals surface area contributed by atoms with E-state index in [4.69, 9.17) is 9.47 Å². The lowest BCUT2D eigenvalue weighted by molar-refractivity contribution is 0.140. The van der Waals surface area contributed by atoms with Crippen LogP contribution >= 0.6 is 24.0 Å². The van der Waals surface area contributed by atoms with Gasteiger partial charge in [-0.3, -0.25) is 4.99 Å². The Morgan fingerprint density at radius 3 is 2.69 bits per heavy atom. The number of nitrogens with zero attached hydrogens (tertiary/aromatic N) is 3. The first-order valence-corrected chi connectivity index (χ1v) is 10.6. The number of para-hydroxylation sites is 1. The predicted octanol–water partition coefficient (Wildman–Crippen LogP) is 3.83. The molecule has 2 heterocycles. The second-order valence-electron chi connectivity index (χ2n) is 7.57. The van der Waals surface area contributed by atoms with E-state index in [0.29, 0.717) is 19.7 Å². The first-order chi connectivity index (χ1) is 15.2. The molecule has 1 aliphatic rings. The van der Waals surface area contributed by atoms with E-state index in [1.807, 2.05) is 29.1 Å². The van der Waals surface area contributed by atoms with Gasteiger partial charge >= 0.3 is 0 Å². The summed E-state index contributed by atoms with van der Waals surface area (Å²) in [6.45, 7) is 4.74. The molecule has 0 saturated carbocycles. The topological polar surface area (TPSA) is 72.7 Å². The van der Waals surface area contributed by atoms with Crippen LogP contribution in [-0.4, -0.2) is 42.1 Å². The molecule has 2 N–H and O–H groups in total. The number of guanidine groups is 1. The van der Waals surface area contributed by atoms with Crippen LogP contribution in [0.4, 0.5) is 0 Å². The Bertz CT molecular complexity index is 1020. The van der Waals surface area contributed by atoms with Crippen LogP contribution in [0, 0.1) is 6.92 Å². The number of aryl methyl sites for hydroxylation is 1. The average Bonchev–Trinajstić information content (AvgIpc) is 3.50. The van der Waals surface area contributed by atoms with Crippen molar-refractivity contribution < 1.29 is 9.47 Å². The number of hydrogen-bond acceptors (Lipinski definition) is 4. The van der Waals surface area contributed by atoms with Crippen molar-refractivity contribution >= 4 is 29.9 Å². The highest BCUT2D eigenvalue weighted by molar-refractivity contribution is 14.0. The van der Waals surface area contributed by atoms with Crippen LogP contribution in [-0.2, 0) is 17.8 Å². The fourth-order valence-electron chi connectivity index (χ4n) is 3.58. The van der Waals surface area contributed by atoms with Gasteiger partial charge < -0.3 is 20.1 Å². The standard InChI is InChI=1S/C24H29N5O2.HI/c1-18-8-9-20(23(14-18)31-21-10-13-30-17-21)16-27-24(25-2)26-15-19-6-3-4-7-22(19)29-12-5-11-28-29;/h3-9,11-12,14,21H,10,13,15-17H2,1-2H3,(H2,25,26,27);1H. The molecular formula is C24H30IN5O2. The quantitative estimate of drug-likeness (QED) is 0.267. The summed E-state index contributed by atoms with van der Waals surface area (Å²) in [6.07, 6.45) is 4.78. The van der Waals surface area contributed by atoms with E-state index in [2.05, 4.69) is 58.0 Å². The molecule has 4 rings (SSSR count). The Labute approximate surface area is 206 Å². The van der Waals surface area contributed by atoms with E-state index >= 15 is 0 Å². The van der Waals surface area contributed by atoms with Gasteiger partial charge in [0.25, 0.3) is 0 Å². The molecule has 1 aliphatic heterocycles. The van der Waals surface area contributed by atoms with E-state index in [-0.39, 0.29) is 30.1 Å². The van der Waals surface area contributed by atoms with Crippen molar-refractivity contribution in [1.29, 1.82) is 0 Å². The number of aliphatic imine (C=N–C) groups is 1. The second kappa shape index (κ2) is 11.9. The molecule has 2 aromatic carbocycles.